The Kier molecular flexibility index (Phi) is 5.60. The van der Waals surface area contributed by atoms with Crippen molar-refractivity contribution in [1.29, 1.82) is 0 Å². The van der Waals surface area contributed by atoms with Crippen LogP contribution >= 0.6 is 0 Å². The predicted molar refractivity (Wildman–Crippen MR) is 158 cm³/mol. The second-order valence-electron chi connectivity index (χ2n) is 12.1. The molecule has 2 aromatic heterocycles. The molecular weight excluding hydrogens is 526 g/mol. The first-order valence-electron chi connectivity index (χ1n) is 14.5. The van der Waals surface area contributed by atoms with Crippen molar-refractivity contribution >= 4 is 17.0 Å². The molecular formula is C34H33N5O3. The molecule has 0 unspecified atom stereocenters. The van der Waals surface area contributed by atoms with Crippen molar-refractivity contribution in [3.05, 3.63) is 120 Å². The van der Waals surface area contributed by atoms with Gasteiger partial charge < -0.3 is 24.5 Å². The third-order valence-corrected chi connectivity index (χ3v) is 9.31. The van der Waals surface area contributed by atoms with Gasteiger partial charge in [0, 0.05) is 0 Å². The van der Waals surface area contributed by atoms with Gasteiger partial charge in [0.15, 0.2) is 17.3 Å². The molecule has 0 bridgehead atoms. The first-order chi connectivity index (χ1) is 20.4. The number of fused-ring (bicyclic) bond motifs is 4. The van der Waals surface area contributed by atoms with Crippen LogP contribution in [0.4, 0.5) is 5.82 Å². The van der Waals surface area contributed by atoms with Crippen molar-refractivity contribution in [2.24, 2.45) is 11.8 Å². The predicted octanol–water partition coefficient (Wildman–Crippen LogP) is 5.50. The molecule has 3 fully saturated rings. The van der Waals surface area contributed by atoms with Gasteiger partial charge >= 0.3 is 0 Å². The van der Waals surface area contributed by atoms with Crippen LogP contribution in [-0.2, 0) is 19.8 Å². The number of imidazole rings is 1. The van der Waals surface area contributed by atoms with E-state index in [0.29, 0.717) is 23.9 Å². The molecule has 1 aliphatic heterocycles. The van der Waals surface area contributed by atoms with E-state index in [9.17, 15) is 0 Å². The maximum absolute atomic E-state index is 7.36. The Balaban J connectivity index is 1.25. The van der Waals surface area contributed by atoms with Crippen LogP contribution in [0.1, 0.15) is 43.0 Å². The molecule has 0 spiro atoms. The smallest absolute Gasteiger partial charge is 0.165 e. The van der Waals surface area contributed by atoms with Crippen LogP contribution in [0.3, 0.4) is 0 Å². The van der Waals surface area contributed by atoms with Gasteiger partial charge in [0.2, 0.25) is 0 Å². The highest BCUT2D eigenvalue weighted by Crippen LogP contribution is 2.68. The first-order valence-corrected chi connectivity index (χ1v) is 14.5. The molecule has 3 aliphatic rings. The minimum atomic E-state index is -0.856. The molecule has 1 saturated heterocycles. The zero-order valence-electron chi connectivity index (χ0n) is 23.6. The summed E-state index contributed by atoms with van der Waals surface area (Å²) in [6, 6.07) is 31.4. The zero-order chi connectivity index (χ0) is 28.5. The van der Waals surface area contributed by atoms with Gasteiger partial charge in [-0.1, -0.05) is 91.0 Å². The van der Waals surface area contributed by atoms with Gasteiger partial charge in [0.05, 0.1) is 19.0 Å². The van der Waals surface area contributed by atoms with Crippen molar-refractivity contribution in [3.63, 3.8) is 0 Å². The number of aromatic nitrogens is 4. The van der Waals surface area contributed by atoms with Crippen LogP contribution in [0.15, 0.2) is 104 Å². The number of rotatable bonds is 7. The van der Waals surface area contributed by atoms with Crippen LogP contribution in [0.5, 0.6) is 0 Å². The summed E-state index contributed by atoms with van der Waals surface area (Å²) in [7, 11) is 0. The number of ether oxygens (including phenoxy) is 3. The van der Waals surface area contributed by atoms with Gasteiger partial charge in [-0.05, 0) is 48.8 Å². The van der Waals surface area contributed by atoms with E-state index < -0.39 is 17.0 Å². The Morgan fingerprint density at radius 2 is 1.48 bits per heavy atom. The van der Waals surface area contributed by atoms with Gasteiger partial charge in [-0.2, -0.15) is 0 Å². The Hall–Kier alpha value is -4.11. The van der Waals surface area contributed by atoms with Crippen LogP contribution in [0.25, 0.3) is 11.2 Å². The van der Waals surface area contributed by atoms with Gasteiger partial charge in [-0.3, -0.25) is 0 Å². The van der Waals surface area contributed by atoms with E-state index in [4.69, 9.17) is 19.9 Å². The van der Waals surface area contributed by atoms with Gasteiger partial charge in [-0.25, -0.2) is 15.0 Å². The van der Waals surface area contributed by atoms with E-state index in [0.717, 1.165) is 28.8 Å². The van der Waals surface area contributed by atoms with Gasteiger partial charge in [0.1, 0.15) is 29.2 Å². The third kappa shape index (κ3) is 3.68. The highest BCUT2D eigenvalue weighted by molar-refractivity contribution is 5.81. The van der Waals surface area contributed by atoms with E-state index in [1.54, 1.807) is 0 Å². The molecule has 8 rings (SSSR count). The molecule has 5 aromatic rings. The largest absolute Gasteiger partial charge is 0.382 e. The van der Waals surface area contributed by atoms with Crippen molar-refractivity contribution in [3.8, 4) is 0 Å². The highest BCUT2D eigenvalue weighted by atomic mass is 16.8. The lowest BCUT2D eigenvalue weighted by Crippen LogP contribution is -2.49. The SMILES string of the molecule is CC1(C)O[C@H]2[C@H](n3cnc4c(N)ncnc43)[C@H]3C[C@H]3[C@@]2(COC(c2ccccc2)(c2ccccc2)c2ccccc2)O1. The van der Waals surface area contributed by atoms with E-state index in [2.05, 4.69) is 92.3 Å². The fraction of sp³-hybridized carbons (Fsp3) is 0.324. The third-order valence-electron chi connectivity index (χ3n) is 9.31. The van der Waals surface area contributed by atoms with Gasteiger partial charge in [0.25, 0.3) is 0 Å². The summed E-state index contributed by atoms with van der Waals surface area (Å²) in [6.07, 6.45) is 4.07. The maximum atomic E-state index is 7.36. The summed E-state index contributed by atoms with van der Waals surface area (Å²) in [5, 5.41) is 0. The average molecular weight is 560 g/mol. The topological polar surface area (TPSA) is 97.3 Å². The Morgan fingerprint density at radius 3 is 2.07 bits per heavy atom. The molecule has 0 radical (unpaired) electrons. The summed E-state index contributed by atoms with van der Waals surface area (Å²) < 4.78 is 23.2. The summed E-state index contributed by atoms with van der Waals surface area (Å²) in [5.41, 5.74) is 9.14. The Labute approximate surface area is 244 Å². The Morgan fingerprint density at radius 1 is 0.881 bits per heavy atom. The van der Waals surface area contributed by atoms with E-state index in [1.165, 1.54) is 6.33 Å². The molecule has 212 valence electrons. The highest BCUT2D eigenvalue weighted by Gasteiger charge is 2.75. The lowest BCUT2D eigenvalue weighted by Gasteiger charge is -2.40. The van der Waals surface area contributed by atoms with Crippen molar-refractivity contribution in [1.82, 2.24) is 19.5 Å². The van der Waals surface area contributed by atoms with Crippen LogP contribution in [-0.4, -0.2) is 43.6 Å². The normalized spacial score (nSPS) is 27.6. The van der Waals surface area contributed by atoms with Crippen molar-refractivity contribution in [2.45, 2.75) is 49.4 Å². The molecule has 2 saturated carbocycles. The number of hydrogen-bond acceptors (Lipinski definition) is 7. The average Bonchev–Trinajstić information content (AvgIpc) is 3.51. The number of hydrogen-bond donors (Lipinski definition) is 1. The fourth-order valence-electron chi connectivity index (χ4n) is 7.62. The summed E-state index contributed by atoms with van der Waals surface area (Å²) in [5.74, 6) is 0.217. The summed E-state index contributed by atoms with van der Waals surface area (Å²) in [4.78, 5) is 13.3. The number of nitrogens with zero attached hydrogens (tertiary/aromatic N) is 4. The van der Waals surface area contributed by atoms with E-state index in [1.807, 2.05) is 38.4 Å². The molecule has 2 N–H and O–H groups in total. The number of anilines is 1. The lowest BCUT2D eigenvalue weighted by atomic mass is 9.79. The van der Waals surface area contributed by atoms with Crippen molar-refractivity contribution in [2.75, 3.05) is 12.3 Å². The molecule has 0 amide bonds. The lowest BCUT2D eigenvalue weighted by molar-refractivity contribution is -0.189. The fourth-order valence-corrected chi connectivity index (χ4v) is 7.62. The zero-order valence-corrected chi connectivity index (χ0v) is 23.6. The molecule has 2 aliphatic carbocycles. The number of benzene rings is 3. The molecule has 8 nitrogen and oxygen atoms in total. The minimum Gasteiger partial charge on any atom is -0.382 e. The number of nitrogens with two attached hydrogens (primary N) is 1. The van der Waals surface area contributed by atoms with E-state index >= 15 is 0 Å². The summed E-state index contributed by atoms with van der Waals surface area (Å²) in [6.45, 7) is 4.33. The monoisotopic (exact) mass is 559 g/mol. The quantitative estimate of drug-likeness (QED) is 0.263. The van der Waals surface area contributed by atoms with Crippen LogP contribution in [0.2, 0.25) is 0 Å². The van der Waals surface area contributed by atoms with Crippen LogP contribution < -0.4 is 5.73 Å². The first kappa shape index (κ1) is 25.6. The standard InChI is InChI=1S/C34H33N5O3/c1-32(2)41-29-28(39-21-38-27-30(35)36-20-37-31(27)39)25-18-26(25)33(29,42-32)19-40-34(22-12-6-3-7-13-22,23-14-8-4-9-15-23)24-16-10-5-11-17-24/h3-17,20-21,25-26,28-29H,18-19H2,1-2H3,(H2,35,36,37)/t25-,26+,28+,29-,33+/m0/s1. The van der Waals surface area contributed by atoms with Crippen LogP contribution in [0, 0.1) is 11.8 Å². The molecule has 8 heteroatoms. The number of nitrogen functional groups attached to an aromatic ring is 1. The maximum Gasteiger partial charge on any atom is 0.165 e. The second-order valence-corrected chi connectivity index (χ2v) is 12.1. The second kappa shape index (κ2) is 9.19. The molecule has 42 heavy (non-hydrogen) atoms. The molecule has 3 aromatic carbocycles. The van der Waals surface area contributed by atoms with E-state index in [-0.39, 0.29) is 18.1 Å². The minimum absolute atomic E-state index is 0.0146. The Bertz CT molecular complexity index is 1650. The van der Waals surface area contributed by atoms with Crippen molar-refractivity contribution < 1.29 is 14.2 Å². The summed E-state index contributed by atoms with van der Waals surface area (Å²) >= 11 is 0. The molecule has 5 atom stereocenters. The molecule has 3 heterocycles. The van der Waals surface area contributed by atoms with Gasteiger partial charge in [-0.15, -0.1) is 0 Å².